The molecule has 0 aliphatic rings. The number of esters is 1. The van der Waals surface area contributed by atoms with Crippen LogP contribution in [0.25, 0.3) is 0 Å². The third kappa shape index (κ3) is 3.22. The molecule has 2 aromatic rings. The minimum Gasteiger partial charge on any atom is -0.497 e. The van der Waals surface area contributed by atoms with E-state index in [4.69, 9.17) is 4.74 Å². The molecular weight excluding hydrogens is 244 g/mol. The zero-order valence-corrected chi connectivity index (χ0v) is 10.7. The molecule has 0 radical (unpaired) electrons. The lowest BCUT2D eigenvalue weighted by Gasteiger charge is -2.08. The summed E-state index contributed by atoms with van der Waals surface area (Å²) in [6.45, 7) is 0. The number of methoxy groups -OCH3 is 2. The Labute approximate surface area is 111 Å². The first-order valence-corrected chi connectivity index (χ1v) is 5.68. The number of carbonyl (C=O) groups excluding carboxylic acids is 1. The quantitative estimate of drug-likeness (QED) is 0.854. The largest absolute Gasteiger partial charge is 0.497 e. The van der Waals surface area contributed by atoms with Crippen LogP contribution in [0.2, 0.25) is 0 Å². The summed E-state index contributed by atoms with van der Waals surface area (Å²) in [6.07, 6.45) is 1.55. The van der Waals surface area contributed by atoms with Crippen LogP contribution in [0, 0.1) is 0 Å². The Balaban J connectivity index is 2.20. The Morgan fingerprint density at radius 1 is 1.21 bits per heavy atom. The van der Waals surface area contributed by atoms with Crippen LogP contribution >= 0.6 is 0 Å². The van der Waals surface area contributed by atoms with Gasteiger partial charge in [-0.3, -0.25) is 0 Å². The molecule has 19 heavy (non-hydrogen) atoms. The van der Waals surface area contributed by atoms with Crippen molar-refractivity contribution >= 4 is 17.5 Å². The van der Waals surface area contributed by atoms with Gasteiger partial charge < -0.3 is 14.8 Å². The standard InChI is InChI=1S/C14H14N2O3/c1-18-12-5-3-4-11(9-12)16-13-8-10(6-7-15-13)14(17)19-2/h3-9H,1-2H3,(H,15,16). The van der Waals surface area contributed by atoms with E-state index >= 15 is 0 Å². The molecule has 0 saturated carbocycles. The Morgan fingerprint density at radius 2 is 2.05 bits per heavy atom. The molecule has 98 valence electrons. The zero-order valence-electron chi connectivity index (χ0n) is 10.7. The number of benzene rings is 1. The van der Waals surface area contributed by atoms with Gasteiger partial charge in [0, 0.05) is 18.0 Å². The predicted molar refractivity (Wildman–Crippen MR) is 71.9 cm³/mol. The summed E-state index contributed by atoms with van der Waals surface area (Å²) < 4.78 is 9.80. The number of pyridine rings is 1. The van der Waals surface area contributed by atoms with E-state index in [2.05, 4.69) is 15.0 Å². The maximum Gasteiger partial charge on any atom is 0.338 e. The van der Waals surface area contributed by atoms with Crippen molar-refractivity contribution in [3.8, 4) is 5.75 Å². The summed E-state index contributed by atoms with van der Waals surface area (Å²) >= 11 is 0. The number of ether oxygens (including phenoxy) is 2. The Bertz CT molecular complexity index is 584. The molecule has 0 atom stereocenters. The van der Waals surface area contributed by atoms with Crippen molar-refractivity contribution in [2.24, 2.45) is 0 Å². The average molecular weight is 258 g/mol. The van der Waals surface area contributed by atoms with E-state index in [9.17, 15) is 4.79 Å². The minimum absolute atomic E-state index is 0.393. The number of rotatable bonds is 4. The van der Waals surface area contributed by atoms with Crippen LogP contribution in [-0.2, 0) is 4.74 Å². The van der Waals surface area contributed by atoms with Crippen LogP contribution in [0.3, 0.4) is 0 Å². The molecule has 1 heterocycles. The van der Waals surface area contributed by atoms with Crippen LogP contribution in [0.1, 0.15) is 10.4 Å². The number of hydrogen-bond donors (Lipinski definition) is 1. The Morgan fingerprint density at radius 3 is 2.79 bits per heavy atom. The van der Waals surface area contributed by atoms with Gasteiger partial charge in [0.15, 0.2) is 0 Å². The third-order valence-electron chi connectivity index (χ3n) is 2.52. The van der Waals surface area contributed by atoms with Crippen LogP contribution in [0.15, 0.2) is 42.6 Å². The lowest BCUT2D eigenvalue weighted by molar-refractivity contribution is 0.0600. The molecule has 5 nitrogen and oxygen atoms in total. The van der Waals surface area contributed by atoms with Crippen molar-refractivity contribution in [2.75, 3.05) is 19.5 Å². The van der Waals surface area contributed by atoms with Crippen molar-refractivity contribution in [1.82, 2.24) is 4.98 Å². The molecule has 2 rings (SSSR count). The molecule has 0 aliphatic carbocycles. The molecule has 1 aromatic heterocycles. The van der Waals surface area contributed by atoms with Gasteiger partial charge in [-0.1, -0.05) is 6.07 Å². The molecule has 0 spiro atoms. The molecular formula is C14H14N2O3. The fourth-order valence-electron chi connectivity index (χ4n) is 1.59. The van der Waals surface area contributed by atoms with Gasteiger partial charge in [0.05, 0.1) is 19.8 Å². The van der Waals surface area contributed by atoms with Crippen molar-refractivity contribution < 1.29 is 14.3 Å². The molecule has 1 aromatic carbocycles. The van der Waals surface area contributed by atoms with E-state index in [-0.39, 0.29) is 0 Å². The van der Waals surface area contributed by atoms with Gasteiger partial charge in [0.2, 0.25) is 0 Å². The second-order valence-corrected chi connectivity index (χ2v) is 3.78. The summed E-state index contributed by atoms with van der Waals surface area (Å²) in [6, 6.07) is 10.7. The first kappa shape index (κ1) is 12.9. The first-order valence-electron chi connectivity index (χ1n) is 5.68. The van der Waals surface area contributed by atoms with Gasteiger partial charge in [-0.2, -0.15) is 0 Å². The van der Waals surface area contributed by atoms with Crippen LogP contribution in [0.5, 0.6) is 5.75 Å². The highest BCUT2D eigenvalue weighted by Gasteiger charge is 2.06. The van der Waals surface area contributed by atoms with Gasteiger partial charge in [-0.15, -0.1) is 0 Å². The van der Waals surface area contributed by atoms with E-state index in [0.717, 1.165) is 11.4 Å². The molecule has 5 heteroatoms. The van der Waals surface area contributed by atoms with Gasteiger partial charge in [0.25, 0.3) is 0 Å². The highest BCUT2D eigenvalue weighted by atomic mass is 16.5. The van der Waals surface area contributed by atoms with Crippen molar-refractivity contribution in [2.45, 2.75) is 0 Å². The topological polar surface area (TPSA) is 60.5 Å². The van der Waals surface area contributed by atoms with Crippen molar-refractivity contribution in [3.63, 3.8) is 0 Å². The zero-order chi connectivity index (χ0) is 13.7. The summed E-state index contributed by atoms with van der Waals surface area (Å²) in [5.74, 6) is 0.918. The van der Waals surface area contributed by atoms with E-state index < -0.39 is 5.97 Å². The Hall–Kier alpha value is -2.56. The van der Waals surface area contributed by atoms with E-state index in [1.54, 1.807) is 25.4 Å². The highest BCUT2D eigenvalue weighted by molar-refractivity contribution is 5.90. The number of nitrogens with zero attached hydrogens (tertiary/aromatic N) is 1. The molecule has 1 N–H and O–H groups in total. The van der Waals surface area contributed by atoms with Gasteiger partial charge in [0.1, 0.15) is 11.6 Å². The second-order valence-electron chi connectivity index (χ2n) is 3.78. The molecule has 0 unspecified atom stereocenters. The average Bonchev–Trinajstić information content (AvgIpc) is 2.47. The molecule has 0 aliphatic heterocycles. The molecule has 0 fully saturated rings. The number of aromatic nitrogens is 1. The number of hydrogen-bond acceptors (Lipinski definition) is 5. The first-order chi connectivity index (χ1) is 9.22. The lowest BCUT2D eigenvalue weighted by Crippen LogP contribution is -2.03. The Kier molecular flexibility index (Phi) is 3.97. The van der Waals surface area contributed by atoms with E-state index in [1.807, 2.05) is 24.3 Å². The molecule has 0 amide bonds. The van der Waals surface area contributed by atoms with Crippen LogP contribution < -0.4 is 10.1 Å². The van der Waals surface area contributed by atoms with Gasteiger partial charge in [-0.25, -0.2) is 9.78 Å². The van der Waals surface area contributed by atoms with E-state index in [0.29, 0.717) is 11.4 Å². The van der Waals surface area contributed by atoms with Crippen molar-refractivity contribution in [1.29, 1.82) is 0 Å². The van der Waals surface area contributed by atoms with Gasteiger partial charge >= 0.3 is 5.97 Å². The lowest BCUT2D eigenvalue weighted by atomic mass is 10.2. The van der Waals surface area contributed by atoms with Crippen LogP contribution in [-0.4, -0.2) is 25.2 Å². The fraction of sp³-hybridized carbons (Fsp3) is 0.143. The number of carbonyl (C=O) groups is 1. The summed E-state index contributed by atoms with van der Waals surface area (Å²) in [7, 11) is 2.95. The maximum atomic E-state index is 11.4. The monoisotopic (exact) mass is 258 g/mol. The summed E-state index contributed by atoms with van der Waals surface area (Å²) in [5.41, 5.74) is 1.27. The van der Waals surface area contributed by atoms with Crippen molar-refractivity contribution in [3.05, 3.63) is 48.2 Å². The summed E-state index contributed by atoms with van der Waals surface area (Å²) in [4.78, 5) is 15.6. The smallest absolute Gasteiger partial charge is 0.338 e. The SMILES string of the molecule is COC(=O)c1ccnc(Nc2cccc(OC)c2)c1. The van der Waals surface area contributed by atoms with Gasteiger partial charge in [-0.05, 0) is 24.3 Å². The third-order valence-corrected chi connectivity index (χ3v) is 2.52. The molecule has 0 saturated heterocycles. The highest BCUT2D eigenvalue weighted by Crippen LogP contribution is 2.20. The van der Waals surface area contributed by atoms with E-state index in [1.165, 1.54) is 7.11 Å². The normalized spacial score (nSPS) is 9.79. The second kappa shape index (κ2) is 5.86. The molecule has 0 bridgehead atoms. The maximum absolute atomic E-state index is 11.4. The summed E-state index contributed by atoms with van der Waals surface area (Å²) in [5, 5.41) is 3.10. The fourth-order valence-corrected chi connectivity index (χ4v) is 1.59. The predicted octanol–water partition coefficient (Wildman–Crippen LogP) is 2.62. The number of nitrogens with one attached hydrogen (secondary N) is 1. The number of anilines is 2. The van der Waals surface area contributed by atoms with Crippen LogP contribution in [0.4, 0.5) is 11.5 Å². The minimum atomic E-state index is -0.393.